The number of carbonyl (C=O) groups is 1. The zero-order valence-electron chi connectivity index (χ0n) is 16.5. The molecule has 0 saturated heterocycles. The number of nitrogens with zero attached hydrogens (tertiary/aromatic N) is 1. The molecule has 0 atom stereocenters. The van der Waals surface area contributed by atoms with Gasteiger partial charge in [-0.2, -0.15) is 0 Å². The van der Waals surface area contributed by atoms with Crippen LogP contribution in [0.25, 0.3) is 0 Å². The zero-order valence-corrected chi connectivity index (χ0v) is 18.1. The van der Waals surface area contributed by atoms with E-state index < -0.39 is 10.0 Å². The van der Waals surface area contributed by atoms with Crippen molar-refractivity contribution in [3.63, 3.8) is 0 Å². The Morgan fingerprint density at radius 2 is 1.70 bits per heavy atom. The molecule has 3 aromatic carbocycles. The van der Waals surface area contributed by atoms with Crippen molar-refractivity contribution in [2.45, 2.75) is 11.4 Å². The topological polar surface area (TPSA) is 75.7 Å². The number of methoxy groups -OCH3 is 1. The average Bonchev–Trinajstić information content (AvgIpc) is 2.78. The predicted octanol–water partition coefficient (Wildman–Crippen LogP) is 4.10. The highest BCUT2D eigenvalue weighted by molar-refractivity contribution is 7.92. The summed E-state index contributed by atoms with van der Waals surface area (Å²) in [5, 5.41) is 3.44. The largest absolute Gasteiger partial charge is 0.497 e. The molecule has 0 bridgehead atoms. The Morgan fingerprint density at radius 3 is 2.33 bits per heavy atom. The molecule has 0 aliphatic heterocycles. The minimum atomic E-state index is -3.79. The Balaban J connectivity index is 1.76. The first-order chi connectivity index (χ1) is 14.3. The summed E-state index contributed by atoms with van der Waals surface area (Å²) in [6.45, 7) is 0.334. The number of halogens is 1. The lowest BCUT2D eigenvalue weighted by molar-refractivity contribution is 0.0951. The molecule has 0 heterocycles. The van der Waals surface area contributed by atoms with E-state index in [1.807, 2.05) is 12.1 Å². The SMILES string of the molecule is COc1ccc(S(=O)(=O)N(C)c2cccc(C(=O)NCc3ccc(Cl)cc3)c2)cc1. The van der Waals surface area contributed by atoms with E-state index in [2.05, 4.69) is 5.32 Å². The van der Waals surface area contributed by atoms with Gasteiger partial charge >= 0.3 is 0 Å². The zero-order chi connectivity index (χ0) is 21.7. The monoisotopic (exact) mass is 444 g/mol. The van der Waals surface area contributed by atoms with Crippen LogP contribution in [0.4, 0.5) is 5.69 Å². The first kappa shape index (κ1) is 21.7. The molecule has 30 heavy (non-hydrogen) atoms. The first-order valence-corrected chi connectivity index (χ1v) is 10.9. The van der Waals surface area contributed by atoms with Gasteiger partial charge in [-0.3, -0.25) is 9.10 Å². The van der Waals surface area contributed by atoms with E-state index in [4.69, 9.17) is 16.3 Å². The predicted molar refractivity (Wildman–Crippen MR) is 118 cm³/mol. The fourth-order valence-corrected chi connectivity index (χ4v) is 4.09. The number of nitrogens with one attached hydrogen (secondary N) is 1. The van der Waals surface area contributed by atoms with Gasteiger partial charge in [-0.1, -0.05) is 29.8 Å². The number of sulfonamides is 1. The molecule has 0 aromatic heterocycles. The van der Waals surface area contributed by atoms with Gasteiger partial charge in [0, 0.05) is 24.2 Å². The molecule has 0 aliphatic rings. The number of hydrogen-bond acceptors (Lipinski definition) is 4. The molecule has 3 aromatic rings. The number of amides is 1. The Labute approximate surface area is 181 Å². The van der Waals surface area contributed by atoms with Crippen LogP contribution in [0, 0.1) is 0 Å². The van der Waals surface area contributed by atoms with Gasteiger partial charge in [-0.05, 0) is 60.2 Å². The smallest absolute Gasteiger partial charge is 0.264 e. The van der Waals surface area contributed by atoms with Crippen molar-refractivity contribution >= 4 is 33.2 Å². The highest BCUT2D eigenvalue weighted by Crippen LogP contribution is 2.24. The van der Waals surface area contributed by atoms with E-state index in [-0.39, 0.29) is 10.8 Å². The van der Waals surface area contributed by atoms with Crippen LogP contribution in [0.1, 0.15) is 15.9 Å². The minimum Gasteiger partial charge on any atom is -0.497 e. The van der Waals surface area contributed by atoms with E-state index in [9.17, 15) is 13.2 Å². The van der Waals surface area contributed by atoms with Gasteiger partial charge in [0.25, 0.3) is 15.9 Å². The van der Waals surface area contributed by atoms with E-state index in [0.29, 0.717) is 28.6 Å². The van der Waals surface area contributed by atoms with Crippen molar-refractivity contribution in [3.8, 4) is 5.75 Å². The van der Waals surface area contributed by atoms with E-state index in [0.717, 1.165) is 9.87 Å². The lowest BCUT2D eigenvalue weighted by atomic mass is 10.1. The number of rotatable bonds is 7. The molecule has 0 saturated carbocycles. The van der Waals surface area contributed by atoms with E-state index >= 15 is 0 Å². The van der Waals surface area contributed by atoms with Crippen molar-refractivity contribution in [2.75, 3.05) is 18.5 Å². The summed E-state index contributed by atoms with van der Waals surface area (Å²) in [5.41, 5.74) is 1.64. The third-order valence-corrected chi connectivity index (χ3v) is 6.61. The van der Waals surface area contributed by atoms with Crippen molar-refractivity contribution in [1.29, 1.82) is 0 Å². The van der Waals surface area contributed by atoms with Gasteiger partial charge in [0.05, 0.1) is 17.7 Å². The van der Waals surface area contributed by atoms with E-state index in [1.54, 1.807) is 42.5 Å². The average molecular weight is 445 g/mol. The minimum absolute atomic E-state index is 0.128. The second-order valence-electron chi connectivity index (χ2n) is 6.51. The maximum Gasteiger partial charge on any atom is 0.264 e. The quantitative estimate of drug-likeness (QED) is 0.595. The van der Waals surface area contributed by atoms with Gasteiger partial charge < -0.3 is 10.1 Å². The van der Waals surface area contributed by atoms with Crippen LogP contribution in [-0.4, -0.2) is 28.5 Å². The Bertz CT molecular complexity index is 1130. The summed E-state index contributed by atoms with van der Waals surface area (Å²) in [5.74, 6) is 0.262. The summed E-state index contributed by atoms with van der Waals surface area (Å²) in [7, 11) is -0.824. The maximum atomic E-state index is 12.9. The third-order valence-electron chi connectivity index (χ3n) is 4.56. The van der Waals surface area contributed by atoms with E-state index in [1.165, 1.54) is 32.4 Å². The van der Waals surface area contributed by atoms with Crippen molar-refractivity contribution < 1.29 is 17.9 Å². The molecule has 6 nitrogen and oxygen atoms in total. The summed E-state index contributed by atoms with van der Waals surface area (Å²) in [6.07, 6.45) is 0. The van der Waals surface area contributed by atoms with Crippen molar-refractivity contribution in [2.24, 2.45) is 0 Å². The fourth-order valence-electron chi connectivity index (χ4n) is 2.77. The lowest BCUT2D eigenvalue weighted by Crippen LogP contribution is -2.27. The summed E-state index contributed by atoms with van der Waals surface area (Å²) >= 11 is 5.87. The van der Waals surface area contributed by atoms with Crippen molar-refractivity contribution in [1.82, 2.24) is 5.32 Å². The summed E-state index contributed by atoms with van der Waals surface area (Å²) in [6, 6.07) is 19.7. The Hall–Kier alpha value is -3.03. The highest BCUT2D eigenvalue weighted by atomic mass is 35.5. The molecular weight excluding hydrogens is 424 g/mol. The number of carbonyl (C=O) groups excluding carboxylic acids is 1. The third kappa shape index (κ3) is 4.93. The van der Waals surface area contributed by atoms with Crippen LogP contribution in [0.5, 0.6) is 5.75 Å². The standard InChI is InChI=1S/C22H21ClN2O4S/c1-25(30(27,28)21-12-10-20(29-2)11-13-21)19-5-3-4-17(14-19)22(26)24-15-16-6-8-18(23)9-7-16/h3-14H,15H2,1-2H3,(H,24,26). The fraction of sp³-hybridized carbons (Fsp3) is 0.136. The molecule has 3 rings (SSSR count). The Kier molecular flexibility index (Phi) is 6.64. The molecule has 8 heteroatoms. The molecular formula is C22H21ClN2O4S. The van der Waals surface area contributed by atoms with Crippen molar-refractivity contribution in [3.05, 3.63) is 88.9 Å². The van der Waals surface area contributed by atoms with Crippen LogP contribution in [-0.2, 0) is 16.6 Å². The summed E-state index contributed by atoms with van der Waals surface area (Å²) < 4.78 is 32.1. The lowest BCUT2D eigenvalue weighted by Gasteiger charge is -2.20. The van der Waals surface area contributed by atoms with Gasteiger partial charge in [0.2, 0.25) is 0 Å². The molecule has 0 spiro atoms. The molecule has 0 radical (unpaired) electrons. The molecule has 1 N–H and O–H groups in total. The van der Waals surface area contributed by atoms with Crippen LogP contribution in [0.2, 0.25) is 5.02 Å². The van der Waals surface area contributed by atoms with Crippen LogP contribution >= 0.6 is 11.6 Å². The molecule has 0 fully saturated rings. The summed E-state index contributed by atoms with van der Waals surface area (Å²) in [4.78, 5) is 12.7. The highest BCUT2D eigenvalue weighted by Gasteiger charge is 2.22. The van der Waals surface area contributed by atoms with Gasteiger partial charge in [0.1, 0.15) is 5.75 Å². The molecule has 0 aliphatic carbocycles. The first-order valence-electron chi connectivity index (χ1n) is 9.07. The maximum absolute atomic E-state index is 12.9. The second-order valence-corrected chi connectivity index (χ2v) is 8.91. The number of hydrogen-bond donors (Lipinski definition) is 1. The Morgan fingerprint density at radius 1 is 1.03 bits per heavy atom. The molecule has 0 unspecified atom stereocenters. The second kappa shape index (κ2) is 9.19. The van der Waals surface area contributed by atoms with Gasteiger partial charge in [-0.15, -0.1) is 0 Å². The van der Waals surface area contributed by atoms with Crippen LogP contribution < -0.4 is 14.4 Å². The van der Waals surface area contributed by atoms with Gasteiger partial charge in [0.15, 0.2) is 0 Å². The normalized spacial score (nSPS) is 11.0. The molecule has 156 valence electrons. The molecule has 1 amide bonds. The number of ether oxygens (including phenoxy) is 1. The van der Waals surface area contributed by atoms with Gasteiger partial charge in [-0.25, -0.2) is 8.42 Å². The van der Waals surface area contributed by atoms with Crippen LogP contribution in [0.15, 0.2) is 77.7 Å². The number of benzene rings is 3. The number of anilines is 1. The van der Waals surface area contributed by atoms with Crippen LogP contribution in [0.3, 0.4) is 0 Å².